The molecule has 0 saturated carbocycles. The van der Waals surface area contributed by atoms with Crippen LogP contribution >= 0.6 is 0 Å². The molecule has 1 aliphatic heterocycles. The largest absolute Gasteiger partial charge is 0.383 e. The topological polar surface area (TPSA) is 64.2 Å². The highest BCUT2D eigenvalue weighted by Crippen LogP contribution is 2.48. The lowest BCUT2D eigenvalue weighted by Gasteiger charge is -2.62. The van der Waals surface area contributed by atoms with Crippen LogP contribution in [0.15, 0.2) is 17.1 Å². The van der Waals surface area contributed by atoms with Crippen molar-refractivity contribution in [2.45, 2.75) is 59.2 Å². The van der Waals surface area contributed by atoms with Gasteiger partial charge < -0.3 is 5.73 Å². The molecule has 0 aliphatic carbocycles. The van der Waals surface area contributed by atoms with Crippen LogP contribution in [0.25, 0.3) is 0 Å². The van der Waals surface area contributed by atoms with Gasteiger partial charge >= 0.3 is 5.69 Å². The number of nitrogens with two attached hydrogens (primary N) is 1. The highest BCUT2D eigenvalue weighted by Gasteiger charge is 2.53. The second kappa shape index (κ2) is 5.79. The number of likely N-dealkylation sites (tertiary alicyclic amines) is 1. The number of nitrogens with zero attached hydrogens (tertiary/aromatic N) is 3. The van der Waals surface area contributed by atoms with Gasteiger partial charge in [0.2, 0.25) is 0 Å². The van der Waals surface area contributed by atoms with Crippen molar-refractivity contribution < 1.29 is 0 Å². The van der Waals surface area contributed by atoms with Crippen molar-refractivity contribution in [3.63, 3.8) is 0 Å². The summed E-state index contributed by atoms with van der Waals surface area (Å²) in [5.74, 6) is 1.63. The van der Waals surface area contributed by atoms with Gasteiger partial charge in [0, 0.05) is 18.3 Å². The SMILES string of the molecule is CCC1(CC)C(C(C)C)CN1C(C)n1ccc(N)nc1=O. The first-order valence-electron chi connectivity index (χ1n) is 7.98. The van der Waals surface area contributed by atoms with Crippen LogP contribution in [-0.2, 0) is 0 Å². The Morgan fingerprint density at radius 2 is 2.00 bits per heavy atom. The fourth-order valence-electron chi connectivity index (χ4n) is 4.06. The Morgan fingerprint density at radius 3 is 2.48 bits per heavy atom. The normalized spacial score (nSPS) is 23.0. The fourth-order valence-corrected chi connectivity index (χ4v) is 4.06. The molecule has 2 N–H and O–H groups in total. The van der Waals surface area contributed by atoms with E-state index in [1.54, 1.807) is 16.8 Å². The van der Waals surface area contributed by atoms with Crippen LogP contribution in [0.1, 0.15) is 53.6 Å². The van der Waals surface area contributed by atoms with Gasteiger partial charge in [0.15, 0.2) is 0 Å². The third-order valence-electron chi connectivity index (χ3n) is 5.39. The molecule has 1 aromatic heterocycles. The summed E-state index contributed by atoms with van der Waals surface area (Å²) < 4.78 is 1.69. The summed E-state index contributed by atoms with van der Waals surface area (Å²) in [6, 6.07) is 1.69. The Bertz CT molecular complexity index is 547. The molecule has 0 bridgehead atoms. The number of hydrogen-bond acceptors (Lipinski definition) is 4. The minimum absolute atomic E-state index is 0.0144. The van der Waals surface area contributed by atoms with E-state index < -0.39 is 0 Å². The average molecular weight is 292 g/mol. The van der Waals surface area contributed by atoms with Gasteiger partial charge in [0.05, 0.1) is 6.17 Å². The quantitative estimate of drug-likeness (QED) is 0.905. The Morgan fingerprint density at radius 1 is 1.38 bits per heavy atom. The van der Waals surface area contributed by atoms with Gasteiger partial charge in [-0.15, -0.1) is 0 Å². The first-order valence-corrected chi connectivity index (χ1v) is 7.98. The van der Waals surface area contributed by atoms with Gasteiger partial charge in [0.25, 0.3) is 0 Å². The monoisotopic (exact) mass is 292 g/mol. The molecule has 2 atom stereocenters. The maximum Gasteiger partial charge on any atom is 0.350 e. The number of nitrogen functional groups attached to an aromatic ring is 1. The molecule has 0 amide bonds. The van der Waals surface area contributed by atoms with Crippen LogP contribution in [0, 0.1) is 11.8 Å². The van der Waals surface area contributed by atoms with Crippen LogP contribution in [0.3, 0.4) is 0 Å². The van der Waals surface area contributed by atoms with Crippen molar-refractivity contribution in [1.29, 1.82) is 0 Å². The smallest absolute Gasteiger partial charge is 0.350 e. The molecule has 1 saturated heterocycles. The second-order valence-corrected chi connectivity index (χ2v) is 6.49. The minimum Gasteiger partial charge on any atom is -0.383 e. The predicted molar refractivity (Wildman–Crippen MR) is 86.0 cm³/mol. The van der Waals surface area contributed by atoms with Crippen LogP contribution in [0.4, 0.5) is 5.82 Å². The summed E-state index contributed by atoms with van der Waals surface area (Å²) in [7, 11) is 0. The summed E-state index contributed by atoms with van der Waals surface area (Å²) in [4.78, 5) is 18.4. The predicted octanol–water partition coefficient (Wildman–Crippen LogP) is 2.49. The number of anilines is 1. The number of hydrogen-bond donors (Lipinski definition) is 1. The maximum absolute atomic E-state index is 12.1. The van der Waals surface area contributed by atoms with Gasteiger partial charge in [-0.25, -0.2) is 4.79 Å². The lowest BCUT2D eigenvalue weighted by molar-refractivity contribution is -0.148. The fraction of sp³-hybridized carbons (Fsp3) is 0.750. The van der Waals surface area contributed by atoms with E-state index in [1.165, 1.54) is 0 Å². The van der Waals surface area contributed by atoms with Gasteiger partial charge in [0.1, 0.15) is 5.82 Å². The molecule has 1 fully saturated rings. The zero-order valence-corrected chi connectivity index (χ0v) is 13.8. The van der Waals surface area contributed by atoms with Gasteiger partial charge in [-0.2, -0.15) is 4.98 Å². The van der Waals surface area contributed by atoms with E-state index in [2.05, 4.69) is 44.5 Å². The number of aromatic nitrogens is 2. The third kappa shape index (κ3) is 2.48. The minimum atomic E-state index is -0.267. The summed E-state index contributed by atoms with van der Waals surface area (Å²) in [6.07, 6.45) is 3.98. The number of rotatable bonds is 5. The Balaban J connectivity index is 2.31. The van der Waals surface area contributed by atoms with Gasteiger partial charge in [-0.05, 0) is 37.7 Å². The summed E-state index contributed by atoms with van der Waals surface area (Å²) in [6.45, 7) is 12.2. The summed E-state index contributed by atoms with van der Waals surface area (Å²) in [5.41, 5.74) is 5.50. The Labute approximate surface area is 127 Å². The van der Waals surface area contributed by atoms with Crippen LogP contribution in [0.5, 0.6) is 0 Å². The highest BCUT2D eigenvalue weighted by molar-refractivity contribution is 5.23. The highest BCUT2D eigenvalue weighted by atomic mass is 16.1. The van der Waals surface area contributed by atoms with Gasteiger partial charge in [-0.1, -0.05) is 27.7 Å². The van der Waals surface area contributed by atoms with Crippen molar-refractivity contribution in [1.82, 2.24) is 14.5 Å². The molecule has 1 aliphatic rings. The molecule has 0 spiro atoms. The van der Waals surface area contributed by atoms with E-state index in [-0.39, 0.29) is 23.2 Å². The van der Waals surface area contributed by atoms with Crippen molar-refractivity contribution in [2.24, 2.45) is 11.8 Å². The third-order valence-corrected chi connectivity index (χ3v) is 5.39. The van der Waals surface area contributed by atoms with E-state index >= 15 is 0 Å². The Kier molecular flexibility index (Phi) is 4.42. The molecule has 5 nitrogen and oxygen atoms in total. The first-order chi connectivity index (χ1) is 9.87. The maximum atomic E-state index is 12.1. The average Bonchev–Trinajstić information content (AvgIpc) is 2.38. The van der Waals surface area contributed by atoms with Crippen LogP contribution < -0.4 is 11.4 Å². The second-order valence-electron chi connectivity index (χ2n) is 6.49. The van der Waals surface area contributed by atoms with Crippen molar-refractivity contribution >= 4 is 5.82 Å². The molecule has 2 heterocycles. The molecule has 2 unspecified atom stereocenters. The molecule has 2 rings (SSSR count). The van der Waals surface area contributed by atoms with Crippen LogP contribution in [-0.4, -0.2) is 26.5 Å². The van der Waals surface area contributed by atoms with E-state index in [4.69, 9.17) is 5.73 Å². The molecular formula is C16H28N4O. The van der Waals surface area contributed by atoms with E-state index in [0.717, 1.165) is 19.4 Å². The molecular weight excluding hydrogens is 264 g/mol. The molecule has 1 aromatic rings. The Hall–Kier alpha value is -1.36. The van der Waals surface area contributed by atoms with Crippen molar-refractivity contribution in [3.8, 4) is 0 Å². The zero-order chi connectivity index (χ0) is 15.8. The first kappa shape index (κ1) is 16.0. The molecule has 5 heteroatoms. The van der Waals surface area contributed by atoms with E-state index in [1.807, 2.05) is 0 Å². The van der Waals surface area contributed by atoms with Crippen LogP contribution in [0.2, 0.25) is 0 Å². The van der Waals surface area contributed by atoms with E-state index in [9.17, 15) is 4.79 Å². The summed E-state index contributed by atoms with van der Waals surface area (Å²) in [5, 5.41) is 0. The standard InChI is InChI=1S/C16H28N4O/c1-6-16(7-2)13(11(3)4)10-20(16)12(5)19-9-8-14(17)18-15(19)21/h8-9,11-13H,6-7,10H2,1-5H3,(H2,17,18,21). The molecule has 21 heavy (non-hydrogen) atoms. The van der Waals surface area contributed by atoms with Gasteiger partial charge in [-0.3, -0.25) is 9.47 Å². The summed E-state index contributed by atoms with van der Waals surface area (Å²) >= 11 is 0. The lowest BCUT2D eigenvalue weighted by Crippen LogP contribution is -2.69. The molecule has 0 aromatic carbocycles. The molecule has 118 valence electrons. The van der Waals surface area contributed by atoms with E-state index in [0.29, 0.717) is 11.8 Å². The zero-order valence-electron chi connectivity index (χ0n) is 13.8. The lowest BCUT2D eigenvalue weighted by atomic mass is 9.65. The molecule has 0 radical (unpaired) electrons. The van der Waals surface area contributed by atoms with Crippen molar-refractivity contribution in [2.75, 3.05) is 12.3 Å². The van der Waals surface area contributed by atoms with Crippen molar-refractivity contribution in [3.05, 3.63) is 22.7 Å².